The van der Waals surface area contributed by atoms with Crippen LogP contribution < -0.4 is 5.43 Å². The predicted molar refractivity (Wildman–Crippen MR) is 87.2 cm³/mol. The normalized spacial score (nSPS) is 10.9. The molecule has 0 saturated carbocycles. The van der Waals surface area contributed by atoms with E-state index in [1.807, 2.05) is 30.3 Å². The van der Waals surface area contributed by atoms with Gasteiger partial charge in [0.1, 0.15) is 5.82 Å². The molecule has 3 aromatic rings. The molecule has 5 heteroatoms. The highest BCUT2D eigenvalue weighted by atomic mass is 19.1. The van der Waals surface area contributed by atoms with E-state index in [0.29, 0.717) is 11.1 Å². The Morgan fingerprint density at radius 1 is 0.913 bits per heavy atom. The molecule has 0 amide bonds. The zero-order valence-electron chi connectivity index (χ0n) is 12.1. The molecule has 0 radical (unpaired) electrons. The van der Waals surface area contributed by atoms with E-state index in [2.05, 4.69) is 15.5 Å². The fraction of sp³-hybridized carbons (Fsp3) is 0. The van der Waals surface area contributed by atoms with Gasteiger partial charge in [-0.05, 0) is 42.0 Å². The monoisotopic (exact) mass is 309 g/mol. The van der Waals surface area contributed by atoms with Crippen molar-refractivity contribution in [2.24, 2.45) is 5.10 Å². The molecule has 114 valence electrons. The molecule has 1 aromatic heterocycles. The van der Waals surface area contributed by atoms with Gasteiger partial charge in [-0.3, -0.25) is 5.43 Å². The van der Waals surface area contributed by atoms with Gasteiger partial charge in [0.15, 0.2) is 0 Å². The molecule has 1 heterocycles. The van der Waals surface area contributed by atoms with Crippen molar-refractivity contribution in [1.82, 2.24) is 4.98 Å². The van der Waals surface area contributed by atoms with Gasteiger partial charge in [-0.15, -0.1) is 0 Å². The fourth-order valence-electron chi connectivity index (χ4n) is 2.06. The molecule has 0 saturated heterocycles. The van der Waals surface area contributed by atoms with Gasteiger partial charge in [-0.2, -0.15) is 9.49 Å². The Kier molecular flexibility index (Phi) is 4.38. The Morgan fingerprint density at radius 3 is 2.43 bits per heavy atom. The van der Waals surface area contributed by atoms with E-state index >= 15 is 0 Å². The number of hydrazone groups is 1. The number of nitrogens with one attached hydrogen (secondary N) is 1. The van der Waals surface area contributed by atoms with Crippen molar-refractivity contribution < 1.29 is 8.78 Å². The molecule has 0 aliphatic carbocycles. The van der Waals surface area contributed by atoms with Crippen molar-refractivity contribution >= 4 is 11.9 Å². The van der Waals surface area contributed by atoms with Crippen LogP contribution in [-0.4, -0.2) is 11.2 Å². The molecule has 0 fully saturated rings. The zero-order chi connectivity index (χ0) is 16.1. The summed E-state index contributed by atoms with van der Waals surface area (Å²) in [5.41, 5.74) is 5.41. The lowest BCUT2D eigenvalue weighted by Gasteiger charge is -2.04. The van der Waals surface area contributed by atoms with E-state index in [1.54, 1.807) is 18.2 Å². The van der Waals surface area contributed by atoms with Gasteiger partial charge >= 0.3 is 0 Å². The van der Waals surface area contributed by atoms with Crippen LogP contribution in [-0.2, 0) is 0 Å². The summed E-state index contributed by atoms with van der Waals surface area (Å²) < 4.78 is 26.8. The van der Waals surface area contributed by atoms with Crippen LogP contribution in [0.2, 0.25) is 0 Å². The topological polar surface area (TPSA) is 37.3 Å². The van der Waals surface area contributed by atoms with Gasteiger partial charge in [0, 0.05) is 17.3 Å². The number of para-hydroxylation sites is 1. The summed E-state index contributed by atoms with van der Waals surface area (Å²) in [4.78, 5) is 3.60. The highest BCUT2D eigenvalue weighted by Gasteiger charge is 2.04. The SMILES string of the molecule is Fc1ccc(-c2ccc(F)c(C=NNc3ccccc3)c2)cn1. The number of pyridine rings is 1. The van der Waals surface area contributed by atoms with E-state index < -0.39 is 5.95 Å². The van der Waals surface area contributed by atoms with Crippen molar-refractivity contribution in [1.29, 1.82) is 0 Å². The molecule has 0 bridgehead atoms. The minimum absolute atomic E-state index is 0.329. The van der Waals surface area contributed by atoms with Crippen molar-refractivity contribution in [2.45, 2.75) is 0 Å². The van der Waals surface area contributed by atoms with E-state index in [4.69, 9.17) is 0 Å². The number of rotatable bonds is 4. The summed E-state index contributed by atoms with van der Waals surface area (Å²) in [5, 5.41) is 4.03. The minimum atomic E-state index is -0.551. The first-order chi connectivity index (χ1) is 11.2. The van der Waals surface area contributed by atoms with Crippen molar-refractivity contribution in [3.05, 3.63) is 84.2 Å². The van der Waals surface area contributed by atoms with Crippen LogP contribution in [0.15, 0.2) is 72.0 Å². The van der Waals surface area contributed by atoms with E-state index in [9.17, 15) is 8.78 Å². The van der Waals surface area contributed by atoms with E-state index in [0.717, 1.165) is 11.3 Å². The second kappa shape index (κ2) is 6.79. The quantitative estimate of drug-likeness (QED) is 0.438. The average Bonchev–Trinajstić information content (AvgIpc) is 2.58. The predicted octanol–water partition coefficient (Wildman–Crippen LogP) is 4.47. The molecular weight excluding hydrogens is 296 g/mol. The van der Waals surface area contributed by atoms with E-state index in [-0.39, 0.29) is 5.82 Å². The lowest BCUT2D eigenvalue weighted by atomic mass is 10.0. The van der Waals surface area contributed by atoms with Gasteiger partial charge in [0.05, 0.1) is 11.9 Å². The Hall–Kier alpha value is -3.08. The highest BCUT2D eigenvalue weighted by Crippen LogP contribution is 2.21. The van der Waals surface area contributed by atoms with Gasteiger partial charge in [-0.25, -0.2) is 9.37 Å². The van der Waals surface area contributed by atoms with Gasteiger partial charge in [-0.1, -0.05) is 24.3 Å². The maximum absolute atomic E-state index is 13.9. The summed E-state index contributed by atoms with van der Waals surface area (Å²) in [7, 11) is 0. The van der Waals surface area contributed by atoms with Gasteiger partial charge in [0.25, 0.3) is 0 Å². The minimum Gasteiger partial charge on any atom is -0.279 e. The van der Waals surface area contributed by atoms with Gasteiger partial charge in [0.2, 0.25) is 5.95 Å². The summed E-state index contributed by atoms with van der Waals surface area (Å²) in [5.74, 6) is -0.938. The second-order valence-corrected chi connectivity index (χ2v) is 4.84. The molecular formula is C18H13F2N3. The summed E-state index contributed by atoms with van der Waals surface area (Å²) in [6.07, 6.45) is 2.81. The van der Waals surface area contributed by atoms with Crippen LogP contribution in [0.25, 0.3) is 11.1 Å². The van der Waals surface area contributed by atoms with Crippen molar-refractivity contribution in [3.63, 3.8) is 0 Å². The summed E-state index contributed by atoms with van der Waals surface area (Å²) in [6.45, 7) is 0. The molecule has 0 aliphatic rings. The molecule has 0 aliphatic heterocycles. The Labute approximate surface area is 132 Å². The number of hydrogen-bond acceptors (Lipinski definition) is 3. The first-order valence-corrected chi connectivity index (χ1v) is 6.98. The first kappa shape index (κ1) is 14.8. The second-order valence-electron chi connectivity index (χ2n) is 4.84. The number of hydrogen-bond donors (Lipinski definition) is 1. The lowest BCUT2D eigenvalue weighted by Crippen LogP contribution is -1.94. The molecule has 23 heavy (non-hydrogen) atoms. The van der Waals surface area contributed by atoms with Crippen molar-refractivity contribution in [3.8, 4) is 11.1 Å². The third-order valence-corrected chi connectivity index (χ3v) is 3.23. The maximum Gasteiger partial charge on any atom is 0.212 e. The number of halogens is 2. The fourth-order valence-corrected chi connectivity index (χ4v) is 2.06. The average molecular weight is 309 g/mol. The summed E-state index contributed by atoms with van der Waals surface area (Å²) >= 11 is 0. The highest BCUT2D eigenvalue weighted by molar-refractivity contribution is 5.83. The lowest BCUT2D eigenvalue weighted by molar-refractivity contribution is 0.584. The summed E-state index contributed by atoms with van der Waals surface area (Å²) in [6, 6.07) is 16.8. The zero-order valence-corrected chi connectivity index (χ0v) is 12.1. The van der Waals surface area contributed by atoms with Crippen LogP contribution in [0.3, 0.4) is 0 Å². The molecule has 0 atom stereocenters. The Morgan fingerprint density at radius 2 is 1.70 bits per heavy atom. The number of benzene rings is 2. The molecule has 2 aromatic carbocycles. The first-order valence-electron chi connectivity index (χ1n) is 6.98. The van der Waals surface area contributed by atoms with Crippen LogP contribution >= 0.6 is 0 Å². The Balaban J connectivity index is 1.82. The van der Waals surface area contributed by atoms with Crippen LogP contribution in [0.4, 0.5) is 14.5 Å². The third-order valence-electron chi connectivity index (χ3n) is 3.23. The molecule has 1 N–H and O–H groups in total. The molecule has 0 unspecified atom stereocenters. The maximum atomic E-state index is 13.9. The smallest absolute Gasteiger partial charge is 0.212 e. The number of aromatic nitrogens is 1. The number of anilines is 1. The largest absolute Gasteiger partial charge is 0.279 e. The molecule has 3 rings (SSSR count). The van der Waals surface area contributed by atoms with Crippen LogP contribution in [0, 0.1) is 11.8 Å². The van der Waals surface area contributed by atoms with Crippen LogP contribution in [0.1, 0.15) is 5.56 Å². The molecule has 0 spiro atoms. The van der Waals surface area contributed by atoms with E-state index in [1.165, 1.54) is 24.5 Å². The third kappa shape index (κ3) is 3.77. The molecule has 3 nitrogen and oxygen atoms in total. The standard InChI is InChI=1S/C18H13F2N3/c19-17-8-6-13(14-7-9-18(20)21-11-14)10-15(17)12-22-23-16-4-2-1-3-5-16/h1-12,23H. The van der Waals surface area contributed by atoms with Crippen molar-refractivity contribution in [2.75, 3.05) is 5.43 Å². The van der Waals surface area contributed by atoms with Gasteiger partial charge < -0.3 is 0 Å². The Bertz CT molecular complexity index is 815. The van der Waals surface area contributed by atoms with Crippen LogP contribution in [0.5, 0.6) is 0 Å². The number of nitrogens with zero attached hydrogens (tertiary/aromatic N) is 2.